The summed E-state index contributed by atoms with van der Waals surface area (Å²) in [4.78, 5) is 37.3. The number of phosphoric ester groups is 1. The minimum absolute atomic E-state index is 0.0263. The van der Waals surface area contributed by atoms with Crippen molar-refractivity contribution >= 4 is 19.8 Å². The second-order valence-electron chi connectivity index (χ2n) is 21.0. The standard InChI is InChI=1S/C56H112NO8P/c1-6-8-10-12-13-14-15-16-17-18-19-20-21-22-23-24-25-26-27-28-29-30-31-32-33-34-35-36-37-38-39-40-41-42-43-45-47-49-56(59)65-54(52-62-55(58)48-46-44-11-9-7-2)53-64-66(60,61)63-51-50-57(3,4)5/h54H,6-53H2,1-5H3. The lowest BCUT2D eigenvalue weighted by atomic mass is 10.0. The molecule has 0 amide bonds. The van der Waals surface area contributed by atoms with E-state index in [4.69, 9.17) is 18.5 Å². The molecule has 0 bridgehead atoms. The first-order chi connectivity index (χ1) is 32.0. The van der Waals surface area contributed by atoms with Gasteiger partial charge in [0.25, 0.3) is 7.82 Å². The Kier molecular flexibility index (Phi) is 48.3. The number of carbonyl (C=O) groups is 2. The molecule has 0 aromatic heterocycles. The molecule has 9 nitrogen and oxygen atoms in total. The van der Waals surface area contributed by atoms with Crippen molar-refractivity contribution < 1.29 is 42.1 Å². The average molecular weight is 958 g/mol. The van der Waals surface area contributed by atoms with Gasteiger partial charge in [-0.1, -0.05) is 271 Å². The van der Waals surface area contributed by atoms with Crippen LogP contribution in [0, 0.1) is 0 Å². The zero-order chi connectivity index (χ0) is 48.5. The van der Waals surface area contributed by atoms with E-state index in [-0.39, 0.29) is 32.0 Å². The van der Waals surface area contributed by atoms with Gasteiger partial charge in [0, 0.05) is 12.8 Å². The molecule has 0 aromatic carbocycles. The normalized spacial score (nSPS) is 13.2. The number of phosphoric acid groups is 1. The summed E-state index contributed by atoms with van der Waals surface area (Å²) in [5.74, 6) is -0.832. The van der Waals surface area contributed by atoms with E-state index in [1.807, 2.05) is 21.1 Å². The molecule has 0 fully saturated rings. The Bertz CT molecular complexity index is 1080. The monoisotopic (exact) mass is 958 g/mol. The summed E-state index contributed by atoms with van der Waals surface area (Å²) in [6.45, 7) is 4.18. The van der Waals surface area contributed by atoms with Gasteiger partial charge in [0.2, 0.25) is 0 Å². The number of hydrogen-bond acceptors (Lipinski definition) is 8. The van der Waals surface area contributed by atoms with Gasteiger partial charge in [-0.25, -0.2) is 0 Å². The molecule has 0 rings (SSSR count). The van der Waals surface area contributed by atoms with Crippen LogP contribution in [0.5, 0.6) is 0 Å². The van der Waals surface area contributed by atoms with Crippen LogP contribution >= 0.6 is 7.82 Å². The van der Waals surface area contributed by atoms with Crippen molar-refractivity contribution in [2.24, 2.45) is 0 Å². The molecular weight excluding hydrogens is 846 g/mol. The number of hydrogen-bond donors (Lipinski definition) is 0. The number of likely N-dealkylation sites (N-methyl/N-ethyl adjacent to an activating group) is 1. The summed E-state index contributed by atoms with van der Waals surface area (Å²) in [5, 5.41) is 0. The Balaban J connectivity index is 3.69. The number of carbonyl (C=O) groups excluding carboxylic acids is 2. The van der Waals surface area contributed by atoms with Gasteiger partial charge in [-0.2, -0.15) is 0 Å². The topological polar surface area (TPSA) is 111 Å². The molecule has 0 aliphatic rings. The van der Waals surface area contributed by atoms with Crippen molar-refractivity contribution in [2.75, 3.05) is 47.5 Å². The van der Waals surface area contributed by atoms with Gasteiger partial charge >= 0.3 is 11.9 Å². The Morgan fingerprint density at radius 1 is 0.409 bits per heavy atom. The van der Waals surface area contributed by atoms with Crippen molar-refractivity contribution in [1.29, 1.82) is 0 Å². The first-order valence-electron chi connectivity index (χ1n) is 28.7. The van der Waals surface area contributed by atoms with E-state index in [0.717, 1.165) is 44.9 Å². The van der Waals surface area contributed by atoms with Gasteiger partial charge in [-0.15, -0.1) is 0 Å². The van der Waals surface area contributed by atoms with Crippen LogP contribution in [-0.2, 0) is 32.7 Å². The van der Waals surface area contributed by atoms with Crippen LogP contribution in [0.1, 0.15) is 296 Å². The number of ether oxygens (including phenoxy) is 2. The predicted octanol–water partition coefficient (Wildman–Crippen LogP) is 16.9. The zero-order valence-corrected chi connectivity index (χ0v) is 45.6. The van der Waals surface area contributed by atoms with E-state index in [1.54, 1.807) is 0 Å². The number of nitrogens with zero attached hydrogens (tertiary/aromatic N) is 1. The van der Waals surface area contributed by atoms with Crippen LogP contribution in [0.3, 0.4) is 0 Å². The molecule has 0 aromatic rings. The largest absolute Gasteiger partial charge is 0.756 e. The van der Waals surface area contributed by atoms with Gasteiger partial charge in [0.05, 0.1) is 27.7 Å². The molecule has 0 spiro atoms. The van der Waals surface area contributed by atoms with Crippen LogP contribution < -0.4 is 4.89 Å². The van der Waals surface area contributed by atoms with Gasteiger partial charge in [0.15, 0.2) is 6.10 Å². The van der Waals surface area contributed by atoms with E-state index >= 15 is 0 Å². The van der Waals surface area contributed by atoms with E-state index in [1.165, 1.54) is 218 Å². The zero-order valence-electron chi connectivity index (χ0n) is 44.7. The lowest BCUT2D eigenvalue weighted by molar-refractivity contribution is -0.870. The third-order valence-corrected chi connectivity index (χ3v) is 14.1. The second kappa shape index (κ2) is 49.0. The van der Waals surface area contributed by atoms with E-state index in [0.29, 0.717) is 17.4 Å². The van der Waals surface area contributed by atoms with Gasteiger partial charge in [-0.05, 0) is 12.8 Å². The molecular formula is C56H112NO8P. The smallest absolute Gasteiger partial charge is 0.306 e. The molecule has 10 heteroatoms. The Morgan fingerprint density at radius 3 is 0.970 bits per heavy atom. The van der Waals surface area contributed by atoms with E-state index in [9.17, 15) is 19.0 Å². The lowest BCUT2D eigenvalue weighted by Crippen LogP contribution is -2.37. The molecule has 0 N–H and O–H groups in total. The first kappa shape index (κ1) is 65.0. The molecule has 0 aliphatic carbocycles. The minimum atomic E-state index is -4.61. The van der Waals surface area contributed by atoms with Crippen LogP contribution in [0.4, 0.5) is 0 Å². The summed E-state index contributed by atoms with van der Waals surface area (Å²) >= 11 is 0. The van der Waals surface area contributed by atoms with Crippen LogP contribution in [0.15, 0.2) is 0 Å². The summed E-state index contributed by atoms with van der Waals surface area (Å²) < 4.78 is 33.8. The number of rotatable bonds is 54. The summed E-state index contributed by atoms with van der Waals surface area (Å²) in [6, 6.07) is 0. The number of quaternary nitrogens is 1. The molecule has 0 aliphatic heterocycles. The fraction of sp³-hybridized carbons (Fsp3) is 0.964. The predicted molar refractivity (Wildman–Crippen MR) is 278 cm³/mol. The average Bonchev–Trinajstić information content (AvgIpc) is 3.27. The number of unbranched alkanes of at least 4 members (excludes halogenated alkanes) is 40. The molecule has 2 unspecified atom stereocenters. The Labute approximate surface area is 410 Å². The molecule has 66 heavy (non-hydrogen) atoms. The van der Waals surface area contributed by atoms with E-state index in [2.05, 4.69) is 13.8 Å². The van der Waals surface area contributed by atoms with Gasteiger partial charge in [-0.3, -0.25) is 14.2 Å². The van der Waals surface area contributed by atoms with Gasteiger partial charge in [0.1, 0.15) is 19.8 Å². The fourth-order valence-corrected chi connectivity index (χ4v) is 9.39. The molecule has 0 saturated carbocycles. The lowest BCUT2D eigenvalue weighted by Gasteiger charge is -2.28. The molecule has 0 radical (unpaired) electrons. The summed E-state index contributed by atoms with van der Waals surface area (Å²) in [6.07, 6.45) is 55.4. The van der Waals surface area contributed by atoms with Crippen molar-refractivity contribution in [3.05, 3.63) is 0 Å². The SMILES string of the molecule is CCCCCCCCCCCCCCCCCCCCCCCCCCCCCCCCCCCCCCCC(=O)OC(COC(=O)CCCCCCC)COP(=O)([O-])OCC[N+](C)(C)C. The maximum Gasteiger partial charge on any atom is 0.306 e. The van der Waals surface area contributed by atoms with Crippen molar-refractivity contribution in [3.63, 3.8) is 0 Å². The van der Waals surface area contributed by atoms with E-state index < -0.39 is 26.5 Å². The minimum Gasteiger partial charge on any atom is -0.756 e. The quantitative estimate of drug-likeness (QED) is 0.0256. The number of esters is 2. The van der Waals surface area contributed by atoms with Crippen LogP contribution in [0.2, 0.25) is 0 Å². The van der Waals surface area contributed by atoms with Crippen LogP contribution in [0.25, 0.3) is 0 Å². The van der Waals surface area contributed by atoms with Crippen LogP contribution in [-0.4, -0.2) is 70.0 Å². The van der Waals surface area contributed by atoms with Crippen molar-refractivity contribution in [2.45, 2.75) is 302 Å². The highest BCUT2D eigenvalue weighted by molar-refractivity contribution is 7.45. The highest BCUT2D eigenvalue weighted by Gasteiger charge is 2.22. The molecule has 0 saturated heterocycles. The molecule has 394 valence electrons. The highest BCUT2D eigenvalue weighted by atomic mass is 31.2. The maximum absolute atomic E-state index is 12.7. The maximum atomic E-state index is 12.7. The molecule has 0 heterocycles. The third kappa shape index (κ3) is 52.4. The molecule has 2 atom stereocenters. The Morgan fingerprint density at radius 2 is 0.682 bits per heavy atom. The summed E-state index contributed by atoms with van der Waals surface area (Å²) in [5.41, 5.74) is 0. The summed E-state index contributed by atoms with van der Waals surface area (Å²) in [7, 11) is 1.18. The van der Waals surface area contributed by atoms with Crippen molar-refractivity contribution in [3.8, 4) is 0 Å². The highest BCUT2D eigenvalue weighted by Crippen LogP contribution is 2.38. The fourth-order valence-electron chi connectivity index (χ4n) is 8.66. The van der Waals surface area contributed by atoms with Crippen molar-refractivity contribution in [1.82, 2.24) is 0 Å². The van der Waals surface area contributed by atoms with Gasteiger partial charge < -0.3 is 27.9 Å². The Hall–Kier alpha value is -0.990. The second-order valence-corrected chi connectivity index (χ2v) is 22.4. The third-order valence-electron chi connectivity index (χ3n) is 13.1. The first-order valence-corrected chi connectivity index (χ1v) is 30.2.